The number of hydrogen-bond acceptors (Lipinski definition) is 4. The van der Waals surface area contributed by atoms with Crippen LogP contribution in [0.5, 0.6) is 5.75 Å². The zero-order chi connectivity index (χ0) is 15.2. The first-order valence-corrected chi connectivity index (χ1v) is 7.25. The third kappa shape index (κ3) is 4.20. The van der Waals surface area contributed by atoms with Crippen molar-refractivity contribution in [2.75, 3.05) is 20.1 Å². The molecule has 1 amide bonds. The fourth-order valence-electron chi connectivity index (χ4n) is 2.46. The van der Waals surface area contributed by atoms with Gasteiger partial charge in [-0.25, -0.2) is 0 Å². The number of benzene rings is 1. The Hall–Kier alpha value is -2.06. The molecule has 0 aliphatic carbocycles. The highest BCUT2D eigenvalue weighted by molar-refractivity contribution is 5.80. The van der Waals surface area contributed by atoms with E-state index in [1.54, 1.807) is 31.2 Å². The van der Waals surface area contributed by atoms with Crippen molar-refractivity contribution in [2.45, 2.75) is 31.9 Å². The summed E-state index contributed by atoms with van der Waals surface area (Å²) in [6.45, 7) is 3.49. The molecule has 0 bridgehead atoms. The first kappa shape index (κ1) is 15.3. The number of carbonyl (C=O) groups excluding carboxylic acids is 1. The van der Waals surface area contributed by atoms with Gasteiger partial charge in [-0.1, -0.05) is 0 Å². The maximum absolute atomic E-state index is 12.0. The van der Waals surface area contributed by atoms with E-state index in [-0.39, 0.29) is 5.91 Å². The number of likely N-dealkylation sites (tertiary alicyclic amines) is 1. The van der Waals surface area contributed by atoms with Crippen LogP contribution in [0.15, 0.2) is 24.3 Å². The second kappa shape index (κ2) is 7.09. The number of hydrogen-bond donors (Lipinski definition) is 1. The summed E-state index contributed by atoms with van der Waals surface area (Å²) in [6, 6.07) is 9.22. The zero-order valence-corrected chi connectivity index (χ0v) is 12.5. The lowest BCUT2D eigenvalue weighted by Gasteiger charge is -2.21. The molecule has 0 saturated carbocycles. The molecule has 2 rings (SSSR count). The molecule has 1 aliphatic rings. The lowest BCUT2D eigenvalue weighted by atomic mass is 10.2. The van der Waals surface area contributed by atoms with Gasteiger partial charge >= 0.3 is 0 Å². The van der Waals surface area contributed by atoms with Gasteiger partial charge in [0.15, 0.2) is 6.10 Å². The molecule has 2 atom stereocenters. The van der Waals surface area contributed by atoms with Gasteiger partial charge in [0.1, 0.15) is 5.75 Å². The number of amides is 1. The van der Waals surface area contributed by atoms with E-state index in [0.29, 0.717) is 23.9 Å². The van der Waals surface area contributed by atoms with Crippen LogP contribution in [0.4, 0.5) is 0 Å². The average Bonchev–Trinajstić information content (AvgIpc) is 2.90. The van der Waals surface area contributed by atoms with Crippen molar-refractivity contribution in [1.82, 2.24) is 10.2 Å². The van der Waals surface area contributed by atoms with E-state index in [2.05, 4.69) is 17.3 Å². The number of carbonyl (C=O) groups is 1. The molecular formula is C16H21N3O2. The highest BCUT2D eigenvalue weighted by Crippen LogP contribution is 2.15. The molecule has 0 unspecified atom stereocenters. The maximum atomic E-state index is 12.0. The topological polar surface area (TPSA) is 65.4 Å². The smallest absolute Gasteiger partial charge is 0.260 e. The quantitative estimate of drug-likeness (QED) is 0.892. The van der Waals surface area contributed by atoms with E-state index in [1.807, 2.05) is 6.07 Å². The minimum absolute atomic E-state index is 0.111. The van der Waals surface area contributed by atoms with Crippen LogP contribution in [0.25, 0.3) is 0 Å². The Balaban J connectivity index is 1.80. The van der Waals surface area contributed by atoms with Gasteiger partial charge in [0.2, 0.25) is 0 Å². The summed E-state index contributed by atoms with van der Waals surface area (Å²) in [5.41, 5.74) is 0.573. The van der Waals surface area contributed by atoms with Crippen LogP contribution in [0.1, 0.15) is 25.3 Å². The Morgan fingerprint density at radius 2 is 2.24 bits per heavy atom. The highest BCUT2D eigenvalue weighted by atomic mass is 16.5. The van der Waals surface area contributed by atoms with E-state index in [0.717, 1.165) is 13.0 Å². The number of nitrogens with zero attached hydrogens (tertiary/aromatic N) is 2. The minimum atomic E-state index is -0.551. The summed E-state index contributed by atoms with van der Waals surface area (Å²) >= 11 is 0. The first-order chi connectivity index (χ1) is 10.1. The lowest BCUT2D eigenvalue weighted by Crippen LogP contribution is -2.43. The van der Waals surface area contributed by atoms with E-state index >= 15 is 0 Å². The molecule has 0 radical (unpaired) electrons. The second-order valence-corrected chi connectivity index (χ2v) is 5.42. The molecule has 1 heterocycles. The molecule has 112 valence electrons. The summed E-state index contributed by atoms with van der Waals surface area (Å²) in [7, 11) is 2.08. The van der Waals surface area contributed by atoms with Crippen LogP contribution < -0.4 is 10.1 Å². The zero-order valence-electron chi connectivity index (χ0n) is 12.5. The van der Waals surface area contributed by atoms with Crippen LogP contribution in [0.3, 0.4) is 0 Å². The SMILES string of the molecule is C[C@H](Oc1ccc(C#N)cc1)C(=O)NC[C@@H]1CCCN1C. The molecule has 1 aromatic rings. The molecule has 0 spiro atoms. The Morgan fingerprint density at radius 1 is 1.52 bits per heavy atom. The molecule has 1 saturated heterocycles. The van der Waals surface area contributed by atoms with Crippen LogP contribution in [0.2, 0.25) is 0 Å². The summed E-state index contributed by atoms with van der Waals surface area (Å²) in [6.07, 6.45) is 1.76. The van der Waals surface area contributed by atoms with E-state index in [1.165, 1.54) is 6.42 Å². The van der Waals surface area contributed by atoms with Crippen molar-refractivity contribution in [2.24, 2.45) is 0 Å². The maximum Gasteiger partial charge on any atom is 0.260 e. The first-order valence-electron chi connectivity index (χ1n) is 7.25. The highest BCUT2D eigenvalue weighted by Gasteiger charge is 2.22. The number of likely N-dealkylation sites (N-methyl/N-ethyl adjacent to an activating group) is 1. The summed E-state index contributed by atoms with van der Waals surface area (Å²) in [5.74, 6) is 0.481. The van der Waals surface area contributed by atoms with Crippen molar-refractivity contribution in [1.29, 1.82) is 5.26 Å². The fourth-order valence-corrected chi connectivity index (χ4v) is 2.46. The van der Waals surface area contributed by atoms with Crippen LogP contribution in [0, 0.1) is 11.3 Å². The molecule has 5 heteroatoms. The standard InChI is InChI=1S/C16H21N3O2/c1-12(21-15-7-5-13(10-17)6-8-15)16(20)18-11-14-4-3-9-19(14)2/h5-8,12,14H,3-4,9,11H2,1-2H3,(H,18,20)/t12-,14-/m0/s1. The minimum Gasteiger partial charge on any atom is -0.481 e. The van der Waals surface area contributed by atoms with Gasteiger partial charge in [-0.3, -0.25) is 4.79 Å². The van der Waals surface area contributed by atoms with Gasteiger partial charge in [0.05, 0.1) is 11.6 Å². The van der Waals surface area contributed by atoms with Crippen molar-refractivity contribution in [3.05, 3.63) is 29.8 Å². The number of ether oxygens (including phenoxy) is 1. The monoisotopic (exact) mass is 287 g/mol. The van der Waals surface area contributed by atoms with E-state index < -0.39 is 6.10 Å². The largest absolute Gasteiger partial charge is 0.481 e. The lowest BCUT2D eigenvalue weighted by molar-refractivity contribution is -0.127. The van der Waals surface area contributed by atoms with E-state index in [9.17, 15) is 4.79 Å². The predicted octanol–water partition coefficient (Wildman–Crippen LogP) is 1.54. The van der Waals surface area contributed by atoms with Crippen LogP contribution in [-0.2, 0) is 4.79 Å². The van der Waals surface area contributed by atoms with Gasteiger partial charge in [0.25, 0.3) is 5.91 Å². The van der Waals surface area contributed by atoms with Crippen molar-refractivity contribution < 1.29 is 9.53 Å². The van der Waals surface area contributed by atoms with E-state index in [4.69, 9.17) is 10.00 Å². The second-order valence-electron chi connectivity index (χ2n) is 5.42. The Kier molecular flexibility index (Phi) is 5.18. The Morgan fingerprint density at radius 3 is 2.81 bits per heavy atom. The molecule has 1 aromatic carbocycles. The van der Waals surface area contributed by atoms with Crippen LogP contribution in [-0.4, -0.2) is 43.1 Å². The van der Waals surface area contributed by atoms with Gasteiger partial charge in [-0.15, -0.1) is 0 Å². The number of nitriles is 1. The van der Waals surface area contributed by atoms with Crippen LogP contribution >= 0.6 is 0 Å². The van der Waals surface area contributed by atoms with Crippen molar-refractivity contribution >= 4 is 5.91 Å². The molecule has 0 aromatic heterocycles. The van der Waals surface area contributed by atoms with Crippen molar-refractivity contribution in [3.63, 3.8) is 0 Å². The third-order valence-corrected chi connectivity index (χ3v) is 3.85. The Bertz CT molecular complexity index is 521. The molecule has 1 aliphatic heterocycles. The number of nitrogens with one attached hydrogen (secondary N) is 1. The molecule has 5 nitrogen and oxygen atoms in total. The predicted molar refractivity (Wildman–Crippen MR) is 79.9 cm³/mol. The molecule has 1 fully saturated rings. The summed E-state index contributed by atoms with van der Waals surface area (Å²) in [5, 5.41) is 11.7. The summed E-state index contributed by atoms with van der Waals surface area (Å²) in [4.78, 5) is 14.3. The van der Waals surface area contributed by atoms with Crippen molar-refractivity contribution in [3.8, 4) is 11.8 Å². The third-order valence-electron chi connectivity index (χ3n) is 3.85. The number of rotatable bonds is 5. The van der Waals surface area contributed by atoms with Gasteiger partial charge < -0.3 is 15.0 Å². The average molecular weight is 287 g/mol. The fraction of sp³-hybridized carbons (Fsp3) is 0.500. The van der Waals surface area contributed by atoms with Gasteiger partial charge in [0, 0.05) is 12.6 Å². The van der Waals surface area contributed by atoms with Gasteiger partial charge in [-0.2, -0.15) is 5.26 Å². The molecular weight excluding hydrogens is 266 g/mol. The van der Waals surface area contributed by atoms with Gasteiger partial charge in [-0.05, 0) is 57.6 Å². The molecule has 21 heavy (non-hydrogen) atoms. The summed E-state index contributed by atoms with van der Waals surface area (Å²) < 4.78 is 5.58. The normalized spacial score (nSPS) is 19.8. The molecule has 1 N–H and O–H groups in total. The Labute approximate surface area is 125 Å².